The van der Waals surface area contributed by atoms with Crippen molar-refractivity contribution in [1.82, 2.24) is 4.90 Å². The van der Waals surface area contributed by atoms with Crippen LogP contribution in [0.1, 0.15) is 24.8 Å². The Balaban J connectivity index is 2.04. The van der Waals surface area contributed by atoms with E-state index in [4.69, 9.17) is 9.84 Å². The van der Waals surface area contributed by atoms with Crippen molar-refractivity contribution >= 4 is 21.9 Å². The zero-order valence-corrected chi connectivity index (χ0v) is 13.6. The van der Waals surface area contributed by atoms with Gasteiger partial charge in [-0.1, -0.05) is 0 Å². The van der Waals surface area contributed by atoms with Crippen LogP contribution in [0.4, 0.5) is 0 Å². The summed E-state index contributed by atoms with van der Waals surface area (Å²) in [5.74, 6) is 0.0386. The summed E-state index contributed by atoms with van der Waals surface area (Å²) < 4.78 is 5.76. The maximum Gasteiger partial charge on any atom is 0.303 e. The second-order valence-electron chi connectivity index (χ2n) is 5.47. The number of hydrogen-bond acceptors (Lipinski definition) is 4. The molecule has 0 saturated carbocycles. The van der Waals surface area contributed by atoms with Gasteiger partial charge in [0.15, 0.2) is 11.5 Å². The minimum atomic E-state index is -0.726. The molecular weight excluding hydrogens is 338 g/mol. The van der Waals surface area contributed by atoms with Gasteiger partial charge >= 0.3 is 5.97 Å². The van der Waals surface area contributed by atoms with E-state index in [-0.39, 0.29) is 18.1 Å². The van der Waals surface area contributed by atoms with Gasteiger partial charge in [-0.2, -0.15) is 0 Å². The molecule has 1 fully saturated rings. The fraction of sp³-hybridized carbons (Fsp3) is 0.533. The highest BCUT2D eigenvalue weighted by Crippen LogP contribution is 2.35. The van der Waals surface area contributed by atoms with Crippen LogP contribution in [0.5, 0.6) is 11.5 Å². The van der Waals surface area contributed by atoms with Crippen molar-refractivity contribution < 1.29 is 19.7 Å². The van der Waals surface area contributed by atoms with Crippen LogP contribution in [0, 0.1) is 5.92 Å². The van der Waals surface area contributed by atoms with E-state index in [0.717, 1.165) is 38.0 Å². The molecule has 21 heavy (non-hydrogen) atoms. The van der Waals surface area contributed by atoms with Crippen molar-refractivity contribution in [3.05, 3.63) is 22.2 Å². The van der Waals surface area contributed by atoms with Crippen molar-refractivity contribution in [2.24, 2.45) is 5.92 Å². The van der Waals surface area contributed by atoms with Gasteiger partial charge in [-0.15, -0.1) is 0 Å². The minimum Gasteiger partial charge on any atom is -0.503 e. The fourth-order valence-corrected chi connectivity index (χ4v) is 3.33. The first-order chi connectivity index (χ1) is 9.99. The Morgan fingerprint density at radius 2 is 2.29 bits per heavy atom. The van der Waals surface area contributed by atoms with Gasteiger partial charge in [0, 0.05) is 19.5 Å². The molecule has 2 N–H and O–H groups in total. The number of aromatic hydroxyl groups is 1. The summed E-state index contributed by atoms with van der Waals surface area (Å²) in [5.41, 5.74) is 1.03. The zero-order chi connectivity index (χ0) is 15.4. The lowest BCUT2D eigenvalue weighted by Gasteiger charge is -2.32. The molecule has 0 aliphatic carbocycles. The zero-order valence-electron chi connectivity index (χ0n) is 12.0. The standard InChI is InChI=1S/C15H20BrNO4/c1-21-13-6-11(5-12(16)15(13)20)9-17-4-2-3-10(8-17)7-14(18)19/h5-6,10,20H,2-4,7-9H2,1H3,(H,18,19). The third-order valence-corrected chi connectivity index (χ3v) is 4.39. The van der Waals surface area contributed by atoms with E-state index in [1.165, 1.54) is 7.11 Å². The number of benzene rings is 1. The molecule has 2 rings (SSSR count). The third kappa shape index (κ3) is 4.35. The number of carboxylic acid groups (broad SMARTS) is 1. The van der Waals surface area contributed by atoms with Gasteiger partial charge in [0.1, 0.15) is 0 Å². The summed E-state index contributed by atoms with van der Waals surface area (Å²) in [6.07, 6.45) is 2.23. The van der Waals surface area contributed by atoms with Crippen molar-refractivity contribution in [2.75, 3.05) is 20.2 Å². The molecule has 1 aromatic carbocycles. The first-order valence-electron chi connectivity index (χ1n) is 6.99. The first-order valence-corrected chi connectivity index (χ1v) is 7.78. The van der Waals surface area contributed by atoms with E-state index in [0.29, 0.717) is 10.2 Å². The number of phenolic OH excluding ortho intramolecular Hbond substituents is 1. The Bertz CT molecular complexity index is 521. The molecule has 1 aliphatic rings. The van der Waals surface area contributed by atoms with E-state index >= 15 is 0 Å². The van der Waals surface area contributed by atoms with E-state index in [1.54, 1.807) is 0 Å². The number of halogens is 1. The van der Waals surface area contributed by atoms with Gasteiger partial charge in [-0.3, -0.25) is 9.69 Å². The van der Waals surface area contributed by atoms with Gasteiger partial charge in [0.05, 0.1) is 11.6 Å². The number of ether oxygens (including phenoxy) is 1. The Morgan fingerprint density at radius 3 is 2.95 bits per heavy atom. The lowest BCUT2D eigenvalue weighted by atomic mass is 9.94. The quantitative estimate of drug-likeness (QED) is 0.847. The molecule has 0 radical (unpaired) electrons. The maximum atomic E-state index is 10.8. The molecular formula is C15H20BrNO4. The van der Waals surface area contributed by atoms with Crippen LogP contribution < -0.4 is 4.74 Å². The predicted octanol–water partition coefficient (Wildman–Crippen LogP) is 2.85. The molecule has 6 heteroatoms. The molecule has 1 atom stereocenters. The average molecular weight is 358 g/mol. The van der Waals surface area contributed by atoms with Crippen molar-refractivity contribution in [3.8, 4) is 11.5 Å². The number of carbonyl (C=O) groups is 1. The largest absolute Gasteiger partial charge is 0.503 e. The minimum absolute atomic E-state index is 0.101. The van der Waals surface area contributed by atoms with Crippen LogP contribution >= 0.6 is 15.9 Å². The fourth-order valence-electron chi connectivity index (χ4n) is 2.84. The van der Waals surface area contributed by atoms with Crippen LogP contribution in [0.2, 0.25) is 0 Å². The number of methoxy groups -OCH3 is 1. The summed E-state index contributed by atoms with van der Waals surface area (Å²) in [6.45, 7) is 2.50. The normalized spacial score (nSPS) is 19.4. The van der Waals surface area contributed by atoms with Crippen LogP contribution in [-0.4, -0.2) is 41.3 Å². The summed E-state index contributed by atoms with van der Waals surface area (Å²) in [6, 6.07) is 3.69. The smallest absolute Gasteiger partial charge is 0.303 e. The van der Waals surface area contributed by atoms with Gasteiger partial charge in [0.2, 0.25) is 0 Å². The topological polar surface area (TPSA) is 70.0 Å². The monoisotopic (exact) mass is 357 g/mol. The van der Waals surface area contributed by atoms with E-state index in [2.05, 4.69) is 20.8 Å². The van der Waals surface area contributed by atoms with E-state index in [9.17, 15) is 9.90 Å². The molecule has 1 heterocycles. The van der Waals surface area contributed by atoms with Crippen LogP contribution in [0.3, 0.4) is 0 Å². The molecule has 0 spiro atoms. The highest BCUT2D eigenvalue weighted by molar-refractivity contribution is 9.10. The van der Waals surface area contributed by atoms with E-state index < -0.39 is 5.97 Å². The molecule has 0 bridgehead atoms. The lowest BCUT2D eigenvalue weighted by Crippen LogP contribution is -2.35. The summed E-state index contributed by atoms with van der Waals surface area (Å²) >= 11 is 3.32. The third-order valence-electron chi connectivity index (χ3n) is 3.78. The molecule has 0 amide bonds. The van der Waals surface area contributed by atoms with Crippen LogP contribution in [-0.2, 0) is 11.3 Å². The van der Waals surface area contributed by atoms with Crippen molar-refractivity contribution in [3.63, 3.8) is 0 Å². The van der Waals surface area contributed by atoms with Gasteiger partial charge in [0.25, 0.3) is 0 Å². The first kappa shape index (κ1) is 16.1. The molecule has 5 nitrogen and oxygen atoms in total. The Hall–Kier alpha value is -1.27. The van der Waals surface area contributed by atoms with Crippen molar-refractivity contribution in [2.45, 2.75) is 25.8 Å². The number of aliphatic carboxylic acids is 1. The second-order valence-corrected chi connectivity index (χ2v) is 6.32. The number of hydrogen-bond donors (Lipinski definition) is 2. The van der Waals surface area contributed by atoms with E-state index in [1.807, 2.05) is 12.1 Å². The van der Waals surface area contributed by atoms with Gasteiger partial charge in [-0.25, -0.2) is 0 Å². The molecule has 116 valence electrons. The molecule has 1 unspecified atom stereocenters. The molecule has 0 aromatic heterocycles. The predicted molar refractivity (Wildman–Crippen MR) is 82.6 cm³/mol. The Kier molecular flexibility index (Phi) is 5.47. The molecule has 1 aliphatic heterocycles. The number of phenols is 1. The number of rotatable bonds is 5. The highest BCUT2D eigenvalue weighted by Gasteiger charge is 2.22. The Morgan fingerprint density at radius 1 is 1.52 bits per heavy atom. The molecule has 1 aromatic rings. The average Bonchev–Trinajstić information content (AvgIpc) is 2.42. The van der Waals surface area contributed by atoms with Crippen LogP contribution in [0.15, 0.2) is 16.6 Å². The number of nitrogens with zero attached hydrogens (tertiary/aromatic N) is 1. The summed E-state index contributed by atoms with van der Waals surface area (Å²) in [7, 11) is 1.52. The maximum absolute atomic E-state index is 10.8. The summed E-state index contributed by atoms with van der Waals surface area (Å²) in [5, 5.41) is 18.7. The number of carboxylic acids is 1. The molecule has 1 saturated heterocycles. The summed E-state index contributed by atoms with van der Waals surface area (Å²) in [4.78, 5) is 13.1. The second kappa shape index (κ2) is 7.13. The van der Waals surface area contributed by atoms with Gasteiger partial charge in [-0.05, 0) is 58.9 Å². The van der Waals surface area contributed by atoms with Crippen LogP contribution in [0.25, 0.3) is 0 Å². The highest BCUT2D eigenvalue weighted by atomic mass is 79.9. The number of piperidine rings is 1. The van der Waals surface area contributed by atoms with Gasteiger partial charge < -0.3 is 14.9 Å². The lowest BCUT2D eigenvalue weighted by molar-refractivity contribution is -0.138. The SMILES string of the molecule is COc1cc(CN2CCCC(CC(=O)O)C2)cc(Br)c1O. The number of likely N-dealkylation sites (tertiary alicyclic amines) is 1. The van der Waals surface area contributed by atoms with Crippen molar-refractivity contribution in [1.29, 1.82) is 0 Å². The Labute approximate surface area is 132 Å².